The van der Waals surface area contributed by atoms with Gasteiger partial charge >= 0.3 is 0 Å². The number of methoxy groups -OCH3 is 2. The Bertz CT molecular complexity index is 845. The molecule has 0 fully saturated rings. The highest BCUT2D eigenvalue weighted by Crippen LogP contribution is 2.32. The van der Waals surface area contributed by atoms with Crippen LogP contribution in [0.5, 0.6) is 11.5 Å². The number of carbonyl (C=O) groups excluding carboxylic acids is 1. The van der Waals surface area contributed by atoms with Gasteiger partial charge in [0.15, 0.2) is 0 Å². The summed E-state index contributed by atoms with van der Waals surface area (Å²) in [6.07, 6.45) is 0. The van der Waals surface area contributed by atoms with E-state index < -0.39 is 0 Å². The zero-order chi connectivity index (χ0) is 13.4. The van der Waals surface area contributed by atoms with Crippen molar-refractivity contribution >= 4 is 27.5 Å². The SMILES string of the molecule is COc1cc2cccc3ccc(OC)c(c1=C=O)c32. The lowest BCUT2D eigenvalue weighted by atomic mass is 9.98. The predicted molar refractivity (Wildman–Crippen MR) is 74.6 cm³/mol. The van der Waals surface area contributed by atoms with Crippen LogP contribution in [-0.2, 0) is 4.79 Å². The van der Waals surface area contributed by atoms with E-state index >= 15 is 0 Å². The first-order valence-electron chi connectivity index (χ1n) is 5.91. The molecular formula is C16H12O3. The average molecular weight is 252 g/mol. The quantitative estimate of drug-likeness (QED) is 0.701. The monoisotopic (exact) mass is 252 g/mol. The molecule has 0 saturated carbocycles. The molecule has 0 N–H and O–H groups in total. The van der Waals surface area contributed by atoms with E-state index in [9.17, 15) is 4.79 Å². The topological polar surface area (TPSA) is 35.5 Å². The molecule has 0 atom stereocenters. The summed E-state index contributed by atoms with van der Waals surface area (Å²) in [4.78, 5) is 11.3. The second-order valence-corrected chi connectivity index (χ2v) is 4.28. The minimum atomic E-state index is 0.406. The summed E-state index contributed by atoms with van der Waals surface area (Å²) in [5.74, 6) is 3.14. The standard InChI is InChI=1S/C16H12O3/c1-18-13-7-6-10-4-3-5-11-8-14(19-2)12(9-17)16(13)15(10)11/h3-8H,1-2H3. The third-order valence-electron chi connectivity index (χ3n) is 3.36. The highest BCUT2D eigenvalue weighted by atomic mass is 16.5. The first-order chi connectivity index (χ1) is 9.30. The number of hydrogen-bond acceptors (Lipinski definition) is 3. The summed E-state index contributed by atoms with van der Waals surface area (Å²) in [6, 6.07) is 11.7. The highest BCUT2D eigenvalue weighted by molar-refractivity contribution is 6.13. The van der Waals surface area contributed by atoms with Crippen molar-refractivity contribution in [1.29, 1.82) is 0 Å². The Hall–Kier alpha value is -2.51. The second kappa shape index (κ2) is 4.30. The first-order valence-corrected chi connectivity index (χ1v) is 5.91. The first kappa shape index (κ1) is 11.6. The summed E-state index contributed by atoms with van der Waals surface area (Å²) in [5, 5.41) is 4.24. The molecule has 0 radical (unpaired) electrons. The van der Waals surface area contributed by atoms with Crippen molar-refractivity contribution in [2.75, 3.05) is 14.2 Å². The van der Waals surface area contributed by atoms with Crippen molar-refractivity contribution in [3.8, 4) is 11.5 Å². The van der Waals surface area contributed by atoms with Gasteiger partial charge in [0.1, 0.15) is 22.7 Å². The van der Waals surface area contributed by atoms with Crippen LogP contribution in [0.25, 0.3) is 21.5 Å². The van der Waals surface area contributed by atoms with Gasteiger partial charge in [-0.15, -0.1) is 0 Å². The van der Waals surface area contributed by atoms with Crippen LogP contribution in [0.1, 0.15) is 0 Å². The zero-order valence-electron chi connectivity index (χ0n) is 10.7. The van der Waals surface area contributed by atoms with Crippen molar-refractivity contribution in [3.63, 3.8) is 0 Å². The third kappa shape index (κ3) is 1.56. The average Bonchev–Trinajstić information content (AvgIpc) is 2.47. The van der Waals surface area contributed by atoms with Crippen LogP contribution >= 0.6 is 0 Å². The normalized spacial score (nSPS) is 10.6. The van der Waals surface area contributed by atoms with E-state index in [0.717, 1.165) is 21.5 Å². The van der Waals surface area contributed by atoms with E-state index in [0.29, 0.717) is 16.7 Å². The van der Waals surface area contributed by atoms with Gasteiger partial charge < -0.3 is 9.47 Å². The Morgan fingerprint density at radius 2 is 1.63 bits per heavy atom. The molecule has 0 bridgehead atoms. The van der Waals surface area contributed by atoms with Crippen LogP contribution < -0.4 is 14.7 Å². The minimum absolute atomic E-state index is 0.406. The smallest absolute Gasteiger partial charge is 0.138 e. The van der Waals surface area contributed by atoms with Crippen molar-refractivity contribution in [3.05, 3.63) is 41.6 Å². The Kier molecular flexibility index (Phi) is 2.62. The lowest BCUT2D eigenvalue weighted by Gasteiger charge is -2.11. The van der Waals surface area contributed by atoms with Gasteiger partial charge in [0.2, 0.25) is 0 Å². The van der Waals surface area contributed by atoms with E-state index in [2.05, 4.69) is 0 Å². The van der Waals surface area contributed by atoms with Gasteiger partial charge in [-0.3, -0.25) is 0 Å². The molecule has 0 aromatic heterocycles. The predicted octanol–water partition coefficient (Wildman–Crippen LogP) is 2.23. The van der Waals surface area contributed by atoms with Gasteiger partial charge in [-0.25, -0.2) is 4.79 Å². The number of rotatable bonds is 2. The molecule has 3 nitrogen and oxygen atoms in total. The van der Waals surface area contributed by atoms with E-state index in [1.807, 2.05) is 42.3 Å². The molecule has 3 heteroatoms. The van der Waals surface area contributed by atoms with Crippen molar-refractivity contribution in [2.24, 2.45) is 0 Å². The summed E-state index contributed by atoms with van der Waals surface area (Å²) in [5.41, 5.74) is 0. The molecule has 19 heavy (non-hydrogen) atoms. The molecule has 94 valence electrons. The third-order valence-corrected chi connectivity index (χ3v) is 3.36. The Morgan fingerprint density at radius 1 is 0.895 bits per heavy atom. The molecule has 0 amide bonds. The molecule has 0 heterocycles. The van der Waals surface area contributed by atoms with Crippen LogP contribution in [0.15, 0.2) is 36.4 Å². The van der Waals surface area contributed by atoms with Crippen molar-refractivity contribution in [2.45, 2.75) is 0 Å². The van der Waals surface area contributed by atoms with Crippen molar-refractivity contribution < 1.29 is 14.3 Å². The second-order valence-electron chi connectivity index (χ2n) is 4.28. The fraction of sp³-hybridized carbons (Fsp3) is 0.125. The molecular weight excluding hydrogens is 240 g/mol. The van der Waals surface area contributed by atoms with Crippen LogP contribution in [0.4, 0.5) is 0 Å². The molecule has 3 aromatic carbocycles. The summed E-state index contributed by atoms with van der Waals surface area (Å²) >= 11 is 0. The van der Waals surface area contributed by atoms with Crippen molar-refractivity contribution in [1.82, 2.24) is 0 Å². The molecule has 3 aromatic rings. The highest BCUT2D eigenvalue weighted by Gasteiger charge is 2.12. The summed E-state index contributed by atoms with van der Waals surface area (Å²) < 4.78 is 10.7. The molecule has 0 spiro atoms. The van der Waals surface area contributed by atoms with Crippen LogP contribution in [-0.4, -0.2) is 20.2 Å². The molecule has 0 saturated heterocycles. The minimum Gasteiger partial charge on any atom is -0.496 e. The van der Waals surface area contributed by atoms with Gasteiger partial charge in [-0.05, 0) is 22.9 Å². The van der Waals surface area contributed by atoms with E-state index in [4.69, 9.17) is 9.47 Å². The Labute approximate surface area is 110 Å². The largest absolute Gasteiger partial charge is 0.496 e. The Balaban J connectivity index is 2.72. The maximum absolute atomic E-state index is 11.3. The number of benzene rings is 3. The summed E-state index contributed by atoms with van der Waals surface area (Å²) in [7, 11) is 3.14. The van der Waals surface area contributed by atoms with Gasteiger partial charge in [-0.2, -0.15) is 0 Å². The zero-order valence-corrected chi connectivity index (χ0v) is 10.7. The lowest BCUT2D eigenvalue weighted by molar-refractivity contribution is 0.409. The van der Waals surface area contributed by atoms with E-state index in [1.54, 1.807) is 14.2 Å². The molecule has 0 aliphatic rings. The fourth-order valence-corrected chi connectivity index (χ4v) is 2.53. The molecule has 0 aliphatic heterocycles. The molecule has 0 unspecified atom stereocenters. The van der Waals surface area contributed by atoms with Gasteiger partial charge in [0.05, 0.1) is 14.2 Å². The van der Waals surface area contributed by atoms with Gasteiger partial charge in [-0.1, -0.05) is 24.3 Å². The maximum atomic E-state index is 11.3. The molecule has 3 rings (SSSR count). The molecule has 0 aliphatic carbocycles. The van der Waals surface area contributed by atoms with Gasteiger partial charge in [0, 0.05) is 10.8 Å². The lowest BCUT2D eigenvalue weighted by Crippen LogP contribution is -2.10. The summed E-state index contributed by atoms with van der Waals surface area (Å²) in [6.45, 7) is 0. The fourth-order valence-electron chi connectivity index (χ4n) is 2.53. The maximum Gasteiger partial charge on any atom is 0.138 e. The van der Waals surface area contributed by atoms with Crippen LogP contribution in [0, 0.1) is 0 Å². The van der Waals surface area contributed by atoms with Crippen LogP contribution in [0.2, 0.25) is 0 Å². The number of hydrogen-bond donors (Lipinski definition) is 0. The van der Waals surface area contributed by atoms with Gasteiger partial charge in [0.25, 0.3) is 0 Å². The van der Waals surface area contributed by atoms with E-state index in [1.165, 1.54) is 0 Å². The number of ether oxygens (including phenoxy) is 2. The Morgan fingerprint density at radius 3 is 2.32 bits per heavy atom. The van der Waals surface area contributed by atoms with E-state index in [-0.39, 0.29) is 0 Å². The van der Waals surface area contributed by atoms with Crippen LogP contribution in [0.3, 0.4) is 0 Å².